The zero-order valence-electron chi connectivity index (χ0n) is 21.5. The number of benzene rings is 1. The lowest BCUT2D eigenvalue weighted by Gasteiger charge is -2.24. The molecule has 2 atom stereocenters. The van der Waals surface area contributed by atoms with Crippen LogP contribution >= 0.6 is 15.9 Å². The predicted octanol–water partition coefficient (Wildman–Crippen LogP) is 3.55. The Hall–Kier alpha value is -4.39. The van der Waals surface area contributed by atoms with Crippen molar-refractivity contribution in [3.05, 3.63) is 64.4 Å². The summed E-state index contributed by atoms with van der Waals surface area (Å²) in [5.74, 6) is -0.988. The molecule has 0 radical (unpaired) electrons. The van der Waals surface area contributed by atoms with Crippen molar-refractivity contribution < 1.29 is 23.6 Å². The highest BCUT2D eigenvalue weighted by Gasteiger charge is 2.40. The van der Waals surface area contributed by atoms with Gasteiger partial charge < -0.3 is 10.2 Å². The first-order valence-electron chi connectivity index (χ1n) is 12.3. The number of likely N-dealkylation sites (tertiary alicyclic amines) is 1. The molecule has 1 aromatic carbocycles. The van der Waals surface area contributed by atoms with Crippen LogP contribution in [0.5, 0.6) is 0 Å². The second-order valence-corrected chi connectivity index (χ2v) is 10.2. The fourth-order valence-corrected chi connectivity index (χ4v) is 4.96. The van der Waals surface area contributed by atoms with Crippen LogP contribution < -0.4 is 5.32 Å². The summed E-state index contributed by atoms with van der Waals surface area (Å²) >= 11 is 3.27. The predicted molar refractivity (Wildman–Crippen MR) is 146 cm³/mol. The molecule has 40 heavy (non-hydrogen) atoms. The molecule has 0 aliphatic carbocycles. The van der Waals surface area contributed by atoms with Gasteiger partial charge in [0.15, 0.2) is 17.9 Å². The summed E-state index contributed by atoms with van der Waals surface area (Å²) in [4.78, 5) is 63.2. The number of hydrogen-bond donors (Lipinski definition) is 1. The van der Waals surface area contributed by atoms with Crippen molar-refractivity contribution in [2.45, 2.75) is 39.0 Å². The summed E-state index contributed by atoms with van der Waals surface area (Å²) in [6, 6.07) is 7.67. The van der Waals surface area contributed by atoms with Gasteiger partial charge in [0.25, 0.3) is 0 Å². The number of fused-ring (bicyclic) bond motifs is 1. The third kappa shape index (κ3) is 5.37. The average Bonchev–Trinajstić information content (AvgIpc) is 3.51. The normalized spacial score (nSPS) is 16.8. The van der Waals surface area contributed by atoms with Crippen molar-refractivity contribution in [2.75, 3.05) is 11.9 Å². The van der Waals surface area contributed by atoms with Crippen LogP contribution in [0, 0.1) is 6.92 Å². The quantitative estimate of drug-likeness (QED) is 0.191. The fraction of sp³-hybridized carbons (Fsp3) is 0.259. The highest BCUT2D eigenvalue weighted by molar-refractivity contribution is 9.10. The zero-order chi connectivity index (χ0) is 28.6. The summed E-state index contributed by atoms with van der Waals surface area (Å²) in [6.45, 7) is 2.61. The molecule has 1 aliphatic heterocycles. The van der Waals surface area contributed by atoms with E-state index < -0.39 is 24.0 Å². The first-order chi connectivity index (χ1) is 19.1. The van der Waals surface area contributed by atoms with Gasteiger partial charge in [0.05, 0.1) is 12.1 Å². The molecular weight excluding hydrogens is 585 g/mol. The van der Waals surface area contributed by atoms with Crippen molar-refractivity contribution >= 4 is 56.5 Å². The number of amides is 2. The number of rotatable bonds is 7. The standard InChI is InChI=1S/C27H23BrFN7O4/c1-14-3-6-22(28)32-26(14)33-27(40)21-8-18(29)11-35(21)24(39)12-36-20-5-4-16(7-19(20)25(34-36)15(2)38)17-9-30-23(13-37)31-10-17/h3-7,9-10,13,18,21H,8,11-12H2,1-2H3,(H,32,33,40)/t18-,21+/m1/s1. The van der Waals surface area contributed by atoms with Crippen molar-refractivity contribution in [3.8, 4) is 11.1 Å². The van der Waals surface area contributed by atoms with Crippen LogP contribution in [-0.4, -0.2) is 72.3 Å². The van der Waals surface area contributed by atoms with Crippen molar-refractivity contribution in [1.82, 2.24) is 29.6 Å². The Kier molecular flexibility index (Phi) is 7.48. The topological polar surface area (TPSA) is 140 Å². The molecule has 0 unspecified atom stereocenters. The number of carbonyl (C=O) groups is 4. The number of aldehydes is 1. The lowest BCUT2D eigenvalue weighted by Crippen LogP contribution is -2.44. The molecule has 0 saturated carbocycles. The minimum atomic E-state index is -1.37. The summed E-state index contributed by atoms with van der Waals surface area (Å²) in [7, 11) is 0. The molecule has 1 fully saturated rings. The van der Waals surface area contributed by atoms with Gasteiger partial charge in [-0.25, -0.2) is 19.3 Å². The summed E-state index contributed by atoms with van der Waals surface area (Å²) in [5, 5.41) is 7.58. The molecule has 0 spiro atoms. The second-order valence-electron chi connectivity index (χ2n) is 9.43. The smallest absolute Gasteiger partial charge is 0.248 e. The number of nitrogens with zero attached hydrogens (tertiary/aromatic N) is 6. The Bertz CT molecular complexity index is 1660. The Morgan fingerprint density at radius 3 is 2.60 bits per heavy atom. The van der Waals surface area contributed by atoms with Crippen LogP contribution in [0.4, 0.5) is 10.2 Å². The highest BCUT2D eigenvalue weighted by Crippen LogP contribution is 2.28. The van der Waals surface area contributed by atoms with Gasteiger partial charge in [-0.05, 0) is 52.2 Å². The minimum Gasteiger partial charge on any atom is -0.326 e. The van der Waals surface area contributed by atoms with E-state index in [0.717, 1.165) is 5.56 Å². The number of carbonyl (C=O) groups excluding carboxylic acids is 4. The molecule has 1 N–H and O–H groups in total. The molecule has 5 rings (SSSR count). The highest BCUT2D eigenvalue weighted by atomic mass is 79.9. The van der Waals surface area contributed by atoms with E-state index in [1.54, 1.807) is 37.3 Å². The summed E-state index contributed by atoms with van der Waals surface area (Å²) < 4.78 is 16.4. The SMILES string of the molecule is CC(=O)c1nn(CC(=O)N2C[C@H](F)C[C@H]2C(=O)Nc2nc(Br)ccc2C)c2ccc(-c3cnc(C=O)nc3)cc12. The third-order valence-electron chi connectivity index (χ3n) is 6.66. The molecule has 11 nitrogen and oxygen atoms in total. The number of aromatic nitrogens is 5. The van der Waals surface area contributed by atoms with E-state index in [1.807, 2.05) is 0 Å². The van der Waals surface area contributed by atoms with Gasteiger partial charge in [-0.3, -0.25) is 23.9 Å². The third-order valence-corrected chi connectivity index (χ3v) is 7.10. The maximum absolute atomic E-state index is 14.5. The van der Waals surface area contributed by atoms with E-state index in [-0.39, 0.29) is 36.8 Å². The second kappa shape index (κ2) is 11.0. The molecule has 4 aromatic rings. The van der Waals surface area contributed by atoms with Crippen LogP contribution in [0.25, 0.3) is 22.0 Å². The number of anilines is 1. The van der Waals surface area contributed by atoms with E-state index in [0.29, 0.717) is 38.7 Å². The van der Waals surface area contributed by atoms with Crippen LogP contribution in [0.3, 0.4) is 0 Å². The first-order valence-corrected chi connectivity index (χ1v) is 13.1. The zero-order valence-corrected chi connectivity index (χ0v) is 23.1. The number of Topliss-reactive ketones (excluding diaryl/α,β-unsaturated/α-hetero) is 1. The summed E-state index contributed by atoms with van der Waals surface area (Å²) in [6.07, 6.45) is 2.03. The Morgan fingerprint density at radius 1 is 1.15 bits per heavy atom. The number of ketones is 1. The largest absolute Gasteiger partial charge is 0.326 e. The first kappa shape index (κ1) is 27.2. The fourth-order valence-electron chi connectivity index (χ4n) is 4.65. The van der Waals surface area contributed by atoms with Gasteiger partial charge in [-0.1, -0.05) is 12.1 Å². The van der Waals surface area contributed by atoms with Gasteiger partial charge in [-0.2, -0.15) is 5.10 Å². The van der Waals surface area contributed by atoms with Gasteiger partial charge in [-0.15, -0.1) is 0 Å². The van der Waals surface area contributed by atoms with Crippen LogP contribution in [0.15, 0.2) is 47.3 Å². The van der Waals surface area contributed by atoms with E-state index in [4.69, 9.17) is 0 Å². The lowest BCUT2D eigenvalue weighted by atomic mass is 10.0. The van der Waals surface area contributed by atoms with Crippen LogP contribution in [-0.2, 0) is 16.1 Å². The Morgan fingerprint density at radius 2 is 1.90 bits per heavy atom. The summed E-state index contributed by atoms with van der Waals surface area (Å²) in [5.41, 5.74) is 2.70. The monoisotopic (exact) mass is 607 g/mol. The number of halogens is 2. The number of hydrogen-bond acceptors (Lipinski definition) is 8. The number of pyridine rings is 1. The maximum atomic E-state index is 14.5. The lowest BCUT2D eigenvalue weighted by molar-refractivity contribution is -0.137. The molecule has 13 heteroatoms. The van der Waals surface area contributed by atoms with Crippen LogP contribution in [0.2, 0.25) is 0 Å². The van der Waals surface area contributed by atoms with E-state index in [2.05, 4.69) is 41.3 Å². The van der Waals surface area contributed by atoms with Crippen LogP contribution in [0.1, 0.15) is 40.0 Å². The van der Waals surface area contributed by atoms with Gasteiger partial charge in [0.1, 0.15) is 34.9 Å². The number of alkyl halides is 1. The van der Waals surface area contributed by atoms with Crippen molar-refractivity contribution in [2.24, 2.45) is 0 Å². The van der Waals surface area contributed by atoms with E-state index >= 15 is 0 Å². The molecule has 1 saturated heterocycles. The molecule has 4 heterocycles. The maximum Gasteiger partial charge on any atom is 0.248 e. The molecule has 3 aromatic heterocycles. The minimum absolute atomic E-state index is 0.0491. The van der Waals surface area contributed by atoms with E-state index in [9.17, 15) is 23.6 Å². The van der Waals surface area contributed by atoms with Gasteiger partial charge in [0.2, 0.25) is 11.8 Å². The van der Waals surface area contributed by atoms with Gasteiger partial charge >= 0.3 is 0 Å². The van der Waals surface area contributed by atoms with Crippen molar-refractivity contribution in [1.29, 1.82) is 0 Å². The molecule has 0 bridgehead atoms. The molecule has 2 amide bonds. The van der Waals surface area contributed by atoms with E-state index in [1.165, 1.54) is 28.9 Å². The molecular formula is C27H23BrFN7O4. The average molecular weight is 608 g/mol. The Labute approximate surface area is 235 Å². The van der Waals surface area contributed by atoms with Crippen molar-refractivity contribution in [3.63, 3.8) is 0 Å². The van der Waals surface area contributed by atoms with Gasteiger partial charge in [0, 0.05) is 36.7 Å². The number of aryl methyl sites for hydroxylation is 1. The molecule has 204 valence electrons. The number of nitrogens with one attached hydrogen (secondary N) is 1. The Balaban J connectivity index is 1.41. The molecule has 1 aliphatic rings.